The molecule has 1 saturated heterocycles. The Kier molecular flexibility index (Phi) is 4.54. The van der Waals surface area contributed by atoms with Crippen molar-refractivity contribution >= 4 is 11.8 Å². The van der Waals surface area contributed by atoms with E-state index in [0.29, 0.717) is 0 Å². The van der Waals surface area contributed by atoms with Crippen molar-refractivity contribution in [3.8, 4) is 5.75 Å². The van der Waals surface area contributed by atoms with Crippen LogP contribution in [0.3, 0.4) is 0 Å². The highest BCUT2D eigenvalue weighted by molar-refractivity contribution is 8.00. The zero-order valence-electron chi connectivity index (χ0n) is 11.1. The van der Waals surface area contributed by atoms with Gasteiger partial charge in [-0.25, -0.2) is 0 Å². The number of hydrogen-bond acceptors (Lipinski definition) is 4. The van der Waals surface area contributed by atoms with Gasteiger partial charge >= 0.3 is 0 Å². The maximum Gasteiger partial charge on any atom is 0.122 e. The molecule has 0 bridgehead atoms. The second kappa shape index (κ2) is 5.95. The van der Waals surface area contributed by atoms with Crippen molar-refractivity contribution in [1.82, 2.24) is 5.43 Å². The van der Waals surface area contributed by atoms with Gasteiger partial charge in [0.1, 0.15) is 5.75 Å². The number of rotatable bonds is 5. The number of thioether (sulfide) groups is 1. The molecule has 3 N–H and O–H groups in total. The summed E-state index contributed by atoms with van der Waals surface area (Å²) in [7, 11) is 1.72. The fourth-order valence-corrected chi connectivity index (χ4v) is 4.01. The zero-order chi connectivity index (χ0) is 13.0. The molecule has 0 amide bonds. The molecule has 100 valence electrons. The Morgan fingerprint density at radius 3 is 2.89 bits per heavy atom. The average molecular weight is 266 g/mol. The highest BCUT2D eigenvalue weighted by Gasteiger charge is 2.37. The molecule has 4 heteroatoms. The Balaban J connectivity index is 2.15. The Morgan fingerprint density at radius 1 is 1.50 bits per heavy atom. The first-order chi connectivity index (χ1) is 8.69. The normalized spacial score (nSPS) is 25.1. The third-order valence-corrected chi connectivity index (χ3v) is 5.45. The van der Waals surface area contributed by atoms with Crippen LogP contribution in [-0.4, -0.2) is 23.7 Å². The summed E-state index contributed by atoms with van der Waals surface area (Å²) < 4.78 is 5.64. The molecular weight excluding hydrogens is 244 g/mol. The van der Waals surface area contributed by atoms with Crippen LogP contribution in [0, 0.1) is 0 Å². The molecule has 1 fully saturated rings. The molecular formula is C14H22N2OS. The highest BCUT2D eigenvalue weighted by Crippen LogP contribution is 2.41. The minimum atomic E-state index is 0.232. The van der Waals surface area contributed by atoms with Crippen molar-refractivity contribution in [2.45, 2.75) is 37.0 Å². The molecule has 0 spiro atoms. The van der Waals surface area contributed by atoms with Gasteiger partial charge in [0.05, 0.1) is 7.11 Å². The standard InChI is InChI=1S/C14H22N2OS/c1-14(8-5-9-18-14)13(16-15)10-11-6-3-4-7-12(11)17-2/h3-4,6-7,13,16H,5,8-10,15H2,1-2H3. The molecule has 3 nitrogen and oxygen atoms in total. The molecule has 1 heterocycles. The molecule has 0 aliphatic carbocycles. The lowest BCUT2D eigenvalue weighted by molar-refractivity contribution is 0.384. The number of hydrazine groups is 1. The summed E-state index contributed by atoms with van der Waals surface area (Å²) >= 11 is 2.03. The Bertz CT molecular complexity index is 391. The van der Waals surface area contributed by atoms with Crippen molar-refractivity contribution < 1.29 is 4.74 Å². The van der Waals surface area contributed by atoms with Crippen LogP contribution in [0.25, 0.3) is 0 Å². The van der Waals surface area contributed by atoms with Gasteiger partial charge in [0.2, 0.25) is 0 Å². The van der Waals surface area contributed by atoms with Gasteiger partial charge in [-0.05, 0) is 43.6 Å². The molecule has 2 rings (SSSR count). The Hall–Kier alpha value is -0.710. The minimum Gasteiger partial charge on any atom is -0.496 e. The van der Waals surface area contributed by atoms with Gasteiger partial charge in [0, 0.05) is 10.8 Å². The predicted molar refractivity (Wildman–Crippen MR) is 77.9 cm³/mol. The van der Waals surface area contributed by atoms with Crippen LogP contribution in [0.4, 0.5) is 0 Å². The third kappa shape index (κ3) is 2.82. The average Bonchev–Trinajstić information content (AvgIpc) is 2.84. The fourth-order valence-electron chi connectivity index (χ4n) is 2.62. The number of ether oxygens (including phenoxy) is 1. The van der Waals surface area contributed by atoms with E-state index in [1.165, 1.54) is 24.2 Å². The summed E-state index contributed by atoms with van der Waals surface area (Å²) in [5, 5.41) is 0. The summed E-state index contributed by atoms with van der Waals surface area (Å²) in [6.07, 6.45) is 3.41. The number of benzene rings is 1. The first-order valence-electron chi connectivity index (χ1n) is 6.41. The molecule has 1 aliphatic rings. The quantitative estimate of drug-likeness (QED) is 0.634. The van der Waals surface area contributed by atoms with Gasteiger partial charge in [0.15, 0.2) is 0 Å². The predicted octanol–water partition coefficient (Wildman–Crippen LogP) is 2.36. The lowest BCUT2D eigenvalue weighted by Gasteiger charge is -2.33. The number of hydrogen-bond donors (Lipinski definition) is 2. The SMILES string of the molecule is COc1ccccc1CC(NN)C1(C)CCCS1. The second-order valence-corrected chi connectivity index (χ2v) is 6.63. The molecule has 0 aromatic heterocycles. The van der Waals surface area contributed by atoms with Crippen LogP contribution >= 0.6 is 11.8 Å². The van der Waals surface area contributed by atoms with Crippen LogP contribution in [-0.2, 0) is 6.42 Å². The van der Waals surface area contributed by atoms with Gasteiger partial charge < -0.3 is 4.74 Å². The monoisotopic (exact) mass is 266 g/mol. The molecule has 18 heavy (non-hydrogen) atoms. The van der Waals surface area contributed by atoms with Crippen LogP contribution in [0.5, 0.6) is 5.75 Å². The number of nitrogens with two attached hydrogens (primary N) is 1. The number of methoxy groups -OCH3 is 1. The molecule has 2 atom stereocenters. The van der Waals surface area contributed by atoms with E-state index in [-0.39, 0.29) is 10.8 Å². The van der Waals surface area contributed by atoms with Crippen molar-refractivity contribution in [2.24, 2.45) is 5.84 Å². The largest absolute Gasteiger partial charge is 0.496 e. The first kappa shape index (κ1) is 13.7. The van der Waals surface area contributed by atoms with E-state index in [9.17, 15) is 0 Å². The maximum atomic E-state index is 5.77. The van der Waals surface area contributed by atoms with Crippen molar-refractivity contribution in [1.29, 1.82) is 0 Å². The van der Waals surface area contributed by atoms with E-state index in [1.807, 2.05) is 23.9 Å². The molecule has 1 aromatic rings. The third-order valence-electron chi connectivity index (χ3n) is 3.80. The van der Waals surface area contributed by atoms with Gasteiger partial charge in [-0.2, -0.15) is 11.8 Å². The topological polar surface area (TPSA) is 47.3 Å². The van der Waals surface area contributed by atoms with Gasteiger partial charge in [-0.1, -0.05) is 18.2 Å². The van der Waals surface area contributed by atoms with E-state index < -0.39 is 0 Å². The minimum absolute atomic E-state index is 0.232. The maximum absolute atomic E-state index is 5.77. The molecule has 1 aliphatic heterocycles. The zero-order valence-corrected chi connectivity index (χ0v) is 11.9. The molecule has 1 aromatic carbocycles. The van der Waals surface area contributed by atoms with Crippen LogP contribution in [0.1, 0.15) is 25.3 Å². The Labute approximate surface area is 113 Å². The lowest BCUT2D eigenvalue weighted by Crippen LogP contribution is -2.50. The summed E-state index contributed by atoms with van der Waals surface area (Å²) in [4.78, 5) is 0. The Morgan fingerprint density at radius 2 is 2.28 bits per heavy atom. The van der Waals surface area contributed by atoms with E-state index in [4.69, 9.17) is 10.6 Å². The van der Waals surface area contributed by atoms with Gasteiger partial charge in [-0.15, -0.1) is 0 Å². The van der Waals surface area contributed by atoms with E-state index in [0.717, 1.165) is 12.2 Å². The van der Waals surface area contributed by atoms with Crippen LogP contribution < -0.4 is 16.0 Å². The van der Waals surface area contributed by atoms with Gasteiger partial charge in [0.25, 0.3) is 0 Å². The molecule has 0 radical (unpaired) electrons. The highest BCUT2D eigenvalue weighted by atomic mass is 32.2. The number of nitrogens with one attached hydrogen (secondary N) is 1. The second-order valence-electron chi connectivity index (χ2n) is 5.00. The van der Waals surface area contributed by atoms with E-state index >= 15 is 0 Å². The van der Waals surface area contributed by atoms with Crippen molar-refractivity contribution in [3.05, 3.63) is 29.8 Å². The number of para-hydroxylation sites is 1. The smallest absolute Gasteiger partial charge is 0.122 e. The van der Waals surface area contributed by atoms with Crippen LogP contribution in [0.15, 0.2) is 24.3 Å². The molecule has 0 saturated carbocycles. The fraction of sp³-hybridized carbons (Fsp3) is 0.571. The van der Waals surface area contributed by atoms with Crippen molar-refractivity contribution in [2.75, 3.05) is 12.9 Å². The summed E-state index contributed by atoms with van der Waals surface area (Å²) in [6.45, 7) is 2.31. The van der Waals surface area contributed by atoms with E-state index in [1.54, 1.807) is 7.11 Å². The molecule has 2 unspecified atom stereocenters. The van der Waals surface area contributed by atoms with Gasteiger partial charge in [-0.3, -0.25) is 11.3 Å². The summed E-state index contributed by atoms with van der Waals surface area (Å²) in [5.74, 6) is 7.96. The van der Waals surface area contributed by atoms with E-state index in [2.05, 4.69) is 24.5 Å². The summed E-state index contributed by atoms with van der Waals surface area (Å²) in [5.41, 5.74) is 4.23. The van der Waals surface area contributed by atoms with Crippen LogP contribution in [0.2, 0.25) is 0 Å². The van der Waals surface area contributed by atoms with Crippen molar-refractivity contribution in [3.63, 3.8) is 0 Å². The lowest BCUT2D eigenvalue weighted by atomic mass is 9.91. The first-order valence-corrected chi connectivity index (χ1v) is 7.40. The summed E-state index contributed by atoms with van der Waals surface area (Å²) in [6, 6.07) is 8.45.